The Morgan fingerprint density at radius 2 is 2.28 bits per heavy atom. The van der Waals surface area contributed by atoms with Crippen LogP contribution in [0.15, 0.2) is 22.7 Å². The molecule has 1 heterocycles. The summed E-state index contributed by atoms with van der Waals surface area (Å²) in [6.07, 6.45) is 1.07. The average Bonchev–Trinajstić information content (AvgIpc) is 2.32. The van der Waals surface area contributed by atoms with E-state index in [1.54, 1.807) is 6.07 Å². The number of rotatable bonds is 3. The third kappa shape index (κ3) is 2.86. The first-order chi connectivity index (χ1) is 8.63. The van der Waals surface area contributed by atoms with Crippen LogP contribution in [0.3, 0.4) is 0 Å². The first kappa shape index (κ1) is 13.8. The van der Waals surface area contributed by atoms with Crippen molar-refractivity contribution in [2.45, 2.75) is 26.3 Å². The van der Waals surface area contributed by atoms with E-state index in [-0.39, 0.29) is 5.82 Å². The van der Waals surface area contributed by atoms with Gasteiger partial charge in [-0.25, -0.2) is 4.39 Å². The van der Waals surface area contributed by atoms with E-state index >= 15 is 0 Å². The number of nitrogens with zero attached hydrogens (tertiary/aromatic N) is 1. The van der Waals surface area contributed by atoms with Crippen LogP contribution < -0.4 is 10.2 Å². The smallest absolute Gasteiger partial charge is 0.147 e. The van der Waals surface area contributed by atoms with Crippen LogP contribution >= 0.6 is 15.9 Å². The lowest BCUT2D eigenvalue weighted by Crippen LogP contribution is -2.48. The monoisotopic (exact) mass is 314 g/mol. The third-order valence-electron chi connectivity index (χ3n) is 3.63. The highest BCUT2D eigenvalue weighted by molar-refractivity contribution is 9.10. The van der Waals surface area contributed by atoms with E-state index < -0.39 is 0 Å². The Hall–Kier alpha value is -0.610. The molecule has 1 aliphatic heterocycles. The number of nitrogens with one attached hydrogen (secondary N) is 1. The van der Waals surface area contributed by atoms with Gasteiger partial charge >= 0.3 is 0 Å². The first-order valence-electron chi connectivity index (χ1n) is 6.55. The molecule has 0 saturated carbocycles. The van der Waals surface area contributed by atoms with Crippen molar-refractivity contribution < 1.29 is 4.39 Å². The number of hydrogen-bond acceptors (Lipinski definition) is 2. The molecule has 0 bridgehead atoms. The molecule has 2 unspecified atom stereocenters. The summed E-state index contributed by atoms with van der Waals surface area (Å²) in [5, 5.41) is 3.50. The summed E-state index contributed by atoms with van der Waals surface area (Å²) in [6, 6.07) is 5.72. The largest absolute Gasteiger partial charge is 0.368 e. The molecule has 0 amide bonds. The molecule has 2 atom stereocenters. The van der Waals surface area contributed by atoms with Crippen molar-refractivity contribution in [3.63, 3.8) is 0 Å². The number of para-hydroxylation sites is 1. The van der Waals surface area contributed by atoms with Crippen molar-refractivity contribution >= 4 is 21.6 Å². The van der Waals surface area contributed by atoms with Gasteiger partial charge in [-0.3, -0.25) is 0 Å². The summed E-state index contributed by atoms with van der Waals surface area (Å²) in [7, 11) is 0. The Kier molecular flexibility index (Phi) is 4.62. The molecule has 4 heteroatoms. The minimum atomic E-state index is -0.140. The molecule has 100 valence electrons. The highest BCUT2D eigenvalue weighted by Gasteiger charge is 2.27. The number of piperidine rings is 1. The van der Waals surface area contributed by atoms with E-state index in [9.17, 15) is 4.39 Å². The summed E-state index contributed by atoms with van der Waals surface area (Å²) >= 11 is 3.45. The topological polar surface area (TPSA) is 15.3 Å². The summed E-state index contributed by atoms with van der Waals surface area (Å²) in [5.41, 5.74) is 0.708. The lowest BCUT2D eigenvalue weighted by Gasteiger charge is -2.39. The second-order valence-corrected chi connectivity index (χ2v) is 5.80. The summed E-state index contributed by atoms with van der Waals surface area (Å²) in [5.74, 6) is 0.392. The van der Waals surface area contributed by atoms with Crippen LogP contribution in [-0.2, 0) is 0 Å². The van der Waals surface area contributed by atoms with Crippen molar-refractivity contribution in [2.75, 3.05) is 24.5 Å². The number of halogens is 2. The molecule has 1 fully saturated rings. The van der Waals surface area contributed by atoms with Crippen LogP contribution in [-0.4, -0.2) is 25.7 Å². The van der Waals surface area contributed by atoms with Gasteiger partial charge in [0.15, 0.2) is 0 Å². The molecule has 1 N–H and O–H groups in total. The van der Waals surface area contributed by atoms with E-state index in [2.05, 4.69) is 40.0 Å². The fraction of sp³-hybridized carbons (Fsp3) is 0.571. The maximum Gasteiger partial charge on any atom is 0.147 e. The average molecular weight is 315 g/mol. The van der Waals surface area contributed by atoms with Gasteiger partial charge in [0.25, 0.3) is 0 Å². The van der Waals surface area contributed by atoms with Gasteiger partial charge in [0.2, 0.25) is 0 Å². The van der Waals surface area contributed by atoms with E-state index in [1.807, 2.05) is 6.07 Å². The van der Waals surface area contributed by atoms with Crippen LogP contribution in [0.4, 0.5) is 10.1 Å². The molecule has 1 aliphatic rings. The number of hydrogen-bond donors (Lipinski definition) is 1. The Labute approximate surface area is 117 Å². The van der Waals surface area contributed by atoms with E-state index in [0.717, 1.165) is 30.5 Å². The van der Waals surface area contributed by atoms with Crippen molar-refractivity contribution in [2.24, 2.45) is 5.92 Å². The highest BCUT2D eigenvalue weighted by Crippen LogP contribution is 2.32. The van der Waals surface area contributed by atoms with Gasteiger partial charge in [-0.15, -0.1) is 0 Å². The standard InChI is InChI=1S/C14H20BrFN2/c1-3-17-13-7-8-18(9-10(13)2)14-11(15)5-4-6-12(14)16/h4-6,10,13,17H,3,7-9H2,1-2H3. The zero-order valence-electron chi connectivity index (χ0n) is 10.9. The molecular formula is C14H20BrFN2. The second kappa shape index (κ2) is 6.02. The molecule has 1 aromatic rings. The van der Waals surface area contributed by atoms with Gasteiger partial charge in [-0.05, 0) is 46.9 Å². The van der Waals surface area contributed by atoms with Gasteiger partial charge in [-0.1, -0.05) is 19.9 Å². The lowest BCUT2D eigenvalue weighted by molar-refractivity contribution is 0.325. The van der Waals surface area contributed by atoms with Gasteiger partial charge in [0.1, 0.15) is 5.82 Å². The molecule has 0 spiro atoms. The maximum absolute atomic E-state index is 13.9. The van der Waals surface area contributed by atoms with Crippen LogP contribution in [0.1, 0.15) is 20.3 Å². The van der Waals surface area contributed by atoms with Crippen LogP contribution in [0.5, 0.6) is 0 Å². The van der Waals surface area contributed by atoms with Gasteiger partial charge in [0, 0.05) is 23.6 Å². The van der Waals surface area contributed by atoms with Crippen LogP contribution in [0, 0.1) is 11.7 Å². The quantitative estimate of drug-likeness (QED) is 0.919. The number of anilines is 1. The maximum atomic E-state index is 13.9. The minimum absolute atomic E-state index is 0.140. The SMILES string of the molecule is CCNC1CCN(c2c(F)cccc2Br)CC1C. The molecular weight excluding hydrogens is 295 g/mol. The normalized spacial score (nSPS) is 24.3. The van der Waals surface area contributed by atoms with Gasteiger partial charge in [0.05, 0.1) is 5.69 Å². The zero-order chi connectivity index (χ0) is 13.1. The van der Waals surface area contributed by atoms with E-state index in [4.69, 9.17) is 0 Å². The summed E-state index contributed by atoms with van der Waals surface area (Å²) < 4.78 is 14.8. The van der Waals surface area contributed by atoms with Crippen molar-refractivity contribution in [3.8, 4) is 0 Å². The van der Waals surface area contributed by atoms with Crippen molar-refractivity contribution in [1.82, 2.24) is 5.32 Å². The molecule has 18 heavy (non-hydrogen) atoms. The summed E-state index contributed by atoms with van der Waals surface area (Å²) in [4.78, 5) is 2.15. The second-order valence-electron chi connectivity index (χ2n) is 4.95. The highest BCUT2D eigenvalue weighted by atomic mass is 79.9. The van der Waals surface area contributed by atoms with Gasteiger partial charge < -0.3 is 10.2 Å². The number of benzene rings is 1. The van der Waals surface area contributed by atoms with E-state index in [0.29, 0.717) is 17.6 Å². The predicted molar refractivity (Wildman–Crippen MR) is 77.6 cm³/mol. The van der Waals surface area contributed by atoms with Gasteiger partial charge in [-0.2, -0.15) is 0 Å². The Morgan fingerprint density at radius 3 is 2.89 bits per heavy atom. The van der Waals surface area contributed by atoms with Crippen LogP contribution in [0.25, 0.3) is 0 Å². The molecule has 2 rings (SSSR count). The molecule has 0 radical (unpaired) electrons. The zero-order valence-corrected chi connectivity index (χ0v) is 12.5. The van der Waals surface area contributed by atoms with E-state index in [1.165, 1.54) is 6.07 Å². The van der Waals surface area contributed by atoms with Crippen molar-refractivity contribution in [3.05, 3.63) is 28.5 Å². The molecule has 1 saturated heterocycles. The molecule has 2 nitrogen and oxygen atoms in total. The van der Waals surface area contributed by atoms with Crippen molar-refractivity contribution in [1.29, 1.82) is 0 Å². The van der Waals surface area contributed by atoms with Crippen LogP contribution in [0.2, 0.25) is 0 Å². The molecule has 1 aromatic carbocycles. The summed E-state index contributed by atoms with van der Waals surface area (Å²) in [6.45, 7) is 7.16. The molecule has 0 aromatic heterocycles. The predicted octanol–water partition coefficient (Wildman–Crippen LogP) is 3.41. The first-order valence-corrected chi connectivity index (χ1v) is 7.35. The fourth-order valence-corrected chi connectivity index (χ4v) is 3.30. The fourth-order valence-electron chi connectivity index (χ4n) is 2.71. The lowest BCUT2D eigenvalue weighted by atomic mass is 9.93. The Bertz CT molecular complexity index is 391. The third-order valence-corrected chi connectivity index (χ3v) is 4.27. The Morgan fingerprint density at radius 1 is 1.50 bits per heavy atom. The Balaban J connectivity index is 2.13. The molecule has 0 aliphatic carbocycles. The minimum Gasteiger partial charge on any atom is -0.368 e.